The normalized spacial score (nSPS) is 31.5. The molecule has 2 atom stereocenters. The standard InChI is InChI=1S/C24H35NO2.CH3NO2/c1-23(2)13-20-14-24(3,15-23)16-25(20)22(26)19-7-5-17(6-8-19)18-9-11-21(27-4)12-10-18;2-1(3)4/h5-8,18,20-21H,9-16H2,1-4H3;2H2,(H,3,4). The Hall–Kier alpha value is -2.08. The fourth-order valence-corrected chi connectivity index (χ4v) is 6.39. The molecule has 1 heterocycles. The Balaban J connectivity index is 0.000000628. The van der Waals surface area contributed by atoms with Gasteiger partial charge in [-0.3, -0.25) is 4.79 Å². The van der Waals surface area contributed by atoms with Gasteiger partial charge in [0.25, 0.3) is 5.91 Å². The number of carboxylic acid groups (broad SMARTS) is 1. The number of nitrogens with zero attached hydrogens (tertiary/aromatic N) is 1. The van der Waals surface area contributed by atoms with Gasteiger partial charge in [-0.05, 0) is 79.4 Å². The summed E-state index contributed by atoms with van der Waals surface area (Å²) in [5.41, 5.74) is 6.91. The quantitative estimate of drug-likeness (QED) is 0.704. The third kappa shape index (κ3) is 5.79. The van der Waals surface area contributed by atoms with Gasteiger partial charge in [0.05, 0.1) is 6.10 Å². The highest BCUT2D eigenvalue weighted by molar-refractivity contribution is 5.94. The highest BCUT2D eigenvalue weighted by Gasteiger charge is 2.51. The second-order valence-corrected chi connectivity index (χ2v) is 10.8. The smallest absolute Gasteiger partial charge is 0.402 e. The molecule has 2 saturated carbocycles. The van der Waals surface area contributed by atoms with Crippen LogP contribution < -0.4 is 5.73 Å². The molecule has 1 aromatic rings. The molecule has 0 aromatic heterocycles. The average Bonchev–Trinajstić information content (AvgIpc) is 2.96. The van der Waals surface area contributed by atoms with E-state index >= 15 is 0 Å². The summed E-state index contributed by atoms with van der Waals surface area (Å²) in [6, 6.07) is 8.93. The van der Waals surface area contributed by atoms with Crippen molar-refractivity contribution in [2.75, 3.05) is 13.7 Å². The van der Waals surface area contributed by atoms with Gasteiger partial charge in [-0.25, -0.2) is 4.79 Å². The van der Waals surface area contributed by atoms with Crippen LogP contribution in [0.3, 0.4) is 0 Å². The third-order valence-electron chi connectivity index (χ3n) is 7.31. The zero-order valence-corrected chi connectivity index (χ0v) is 19.4. The number of fused-ring (bicyclic) bond motifs is 2. The lowest BCUT2D eigenvalue weighted by Crippen LogP contribution is -2.37. The predicted molar refractivity (Wildman–Crippen MR) is 121 cm³/mol. The van der Waals surface area contributed by atoms with Crippen molar-refractivity contribution in [1.29, 1.82) is 0 Å². The molecule has 3 aliphatic rings. The van der Waals surface area contributed by atoms with Crippen LogP contribution in [0.1, 0.15) is 87.6 Å². The van der Waals surface area contributed by atoms with Crippen LogP contribution in [-0.4, -0.2) is 47.8 Å². The number of rotatable bonds is 3. The minimum Gasteiger partial charge on any atom is -0.465 e. The van der Waals surface area contributed by atoms with Gasteiger partial charge in [0, 0.05) is 25.3 Å². The van der Waals surface area contributed by atoms with Crippen LogP contribution in [0.2, 0.25) is 0 Å². The van der Waals surface area contributed by atoms with Crippen molar-refractivity contribution >= 4 is 12.0 Å². The number of carbonyl (C=O) groups is 2. The Morgan fingerprint density at radius 3 is 2.19 bits per heavy atom. The lowest BCUT2D eigenvalue weighted by atomic mass is 9.65. The van der Waals surface area contributed by atoms with E-state index in [1.165, 1.54) is 31.2 Å². The molecule has 1 aromatic carbocycles. The van der Waals surface area contributed by atoms with Crippen LogP contribution in [-0.2, 0) is 4.74 Å². The Labute approximate surface area is 186 Å². The van der Waals surface area contributed by atoms with E-state index in [4.69, 9.17) is 14.6 Å². The molecule has 0 radical (unpaired) electrons. The monoisotopic (exact) mass is 430 g/mol. The molecule has 31 heavy (non-hydrogen) atoms. The van der Waals surface area contributed by atoms with Gasteiger partial charge in [0.15, 0.2) is 0 Å². The van der Waals surface area contributed by atoms with Gasteiger partial charge >= 0.3 is 6.09 Å². The molecule has 1 saturated heterocycles. The molecule has 2 bridgehead atoms. The lowest BCUT2D eigenvalue weighted by molar-refractivity contribution is 0.0658. The molecule has 6 heteroatoms. The summed E-state index contributed by atoms with van der Waals surface area (Å²) in [5, 5.41) is 7.19. The molecule has 2 aliphatic carbocycles. The maximum Gasteiger partial charge on any atom is 0.402 e. The molecule has 172 valence electrons. The number of likely N-dealkylation sites (tertiary alicyclic amines) is 1. The molecule has 3 fully saturated rings. The van der Waals surface area contributed by atoms with E-state index in [9.17, 15) is 4.79 Å². The summed E-state index contributed by atoms with van der Waals surface area (Å²) < 4.78 is 5.49. The second-order valence-electron chi connectivity index (χ2n) is 10.8. The van der Waals surface area contributed by atoms with Crippen molar-refractivity contribution in [1.82, 2.24) is 4.90 Å². The number of primary amides is 1. The minimum atomic E-state index is -1.33. The Morgan fingerprint density at radius 1 is 1.06 bits per heavy atom. The summed E-state index contributed by atoms with van der Waals surface area (Å²) in [5.74, 6) is 0.849. The van der Waals surface area contributed by atoms with Gasteiger partial charge in [-0.2, -0.15) is 0 Å². The molecule has 1 aliphatic heterocycles. The van der Waals surface area contributed by atoms with E-state index in [-0.39, 0.29) is 5.91 Å². The predicted octanol–water partition coefficient (Wildman–Crippen LogP) is 5.02. The van der Waals surface area contributed by atoms with Gasteiger partial charge in [-0.1, -0.05) is 32.9 Å². The number of nitrogens with two attached hydrogens (primary N) is 1. The van der Waals surface area contributed by atoms with Gasteiger partial charge in [0.1, 0.15) is 0 Å². The molecular formula is C25H38N2O4. The molecule has 6 nitrogen and oxygen atoms in total. The largest absolute Gasteiger partial charge is 0.465 e. The highest BCUT2D eigenvalue weighted by Crippen LogP contribution is 2.52. The van der Waals surface area contributed by atoms with Crippen LogP contribution in [0, 0.1) is 10.8 Å². The summed E-state index contributed by atoms with van der Waals surface area (Å²) in [6.07, 6.45) is 7.29. The van der Waals surface area contributed by atoms with Crippen molar-refractivity contribution in [3.63, 3.8) is 0 Å². The average molecular weight is 431 g/mol. The van der Waals surface area contributed by atoms with Crippen LogP contribution >= 0.6 is 0 Å². The Bertz CT molecular complexity index is 779. The van der Waals surface area contributed by atoms with Gasteiger partial charge in [0.2, 0.25) is 0 Å². The zero-order chi connectivity index (χ0) is 22.8. The number of carbonyl (C=O) groups excluding carboxylic acids is 1. The van der Waals surface area contributed by atoms with E-state index in [0.29, 0.717) is 28.9 Å². The molecule has 3 N–H and O–H groups in total. The van der Waals surface area contributed by atoms with E-state index in [1.54, 1.807) is 0 Å². The third-order valence-corrected chi connectivity index (χ3v) is 7.31. The number of amides is 2. The first-order chi connectivity index (χ1) is 14.5. The Kier molecular flexibility index (Phi) is 6.99. The molecule has 4 rings (SSSR count). The van der Waals surface area contributed by atoms with Crippen molar-refractivity contribution in [3.05, 3.63) is 35.4 Å². The minimum absolute atomic E-state index is 0.232. The summed E-state index contributed by atoms with van der Waals surface area (Å²) >= 11 is 0. The molecule has 0 spiro atoms. The highest BCUT2D eigenvalue weighted by atomic mass is 16.5. The maximum atomic E-state index is 13.2. The first-order valence-corrected chi connectivity index (χ1v) is 11.4. The number of hydrogen-bond donors (Lipinski definition) is 2. The second kappa shape index (κ2) is 9.19. The maximum absolute atomic E-state index is 13.2. The van der Waals surface area contributed by atoms with E-state index in [2.05, 4.69) is 55.7 Å². The van der Waals surface area contributed by atoms with Crippen molar-refractivity contribution < 1.29 is 19.4 Å². The van der Waals surface area contributed by atoms with Crippen molar-refractivity contribution in [2.45, 2.75) is 83.8 Å². The van der Waals surface area contributed by atoms with Crippen LogP contribution in [0.4, 0.5) is 4.79 Å². The number of methoxy groups -OCH3 is 1. The number of ether oxygens (including phenoxy) is 1. The summed E-state index contributed by atoms with van der Waals surface area (Å²) in [7, 11) is 1.82. The molecule has 2 unspecified atom stereocenters. The van der Waals surface area contributed by atoms with Crippen molar-refractivity contribution in [3.8, 4) is 0 Å². The van der Waals surface area contributed by atoms with Crippen molar-refractivity contribution in [2.24, 2.45) is 16.6 Å². The Morgan fingerprint density at radius 2 is 1.65 bits per heavy atom. The number of benzene rings is 1. The number of hydrogen-bond acceptors (Lipinski definition) is 3. The van der Waals surface area contributed by atoms with E-state index in [0.717, 1.165) is 31.4 Å². The molecular weight excluding hydrogens is 392 g/mol. The van der Waals surface area contributed by atoms with Crippen LogP contribution in [0.25, 0.3) is 0 Å². The first-order valence-electron chi connectivity index (χ1n) is 11.4. The first kappa shape index (κ1) is 23.6. The zero-order valence-electron chi connectivity index (χ0n) is 19.4. The fraction of sp³-hybridized carbons (Fsp3) is 0.680. The van der Waals surface area contributed by atoms with E-state index in [1.807, 2.05) is 7.11 Å². The van der Waals surface area contributed by atoms with Crippen LogP contribution in [0.5, 0.6) is 0 Å². The SMILES string of the molecule is COC1CCC(c2ccc(C(=O)N3CC4(C)CC3CC(C)(C)C4)cc2)CC1.NC(=O)O. The fourth-order valence-electron chi connectivity index (χ4n) is 6.39. The summed E-state index contributed by atoms with van der Waals surface area (Å²) in [6.45, 7) is 8.01. The van der Waals surface area contributed by atoms with Gasteiger partial charge < -0.3 is 20.5 Å². The van der Waals surface area contributed by atoms with Gasteiger partial charge in [-0.15, -0.1) is 0 Å². The van der Waals surface area contributed by atoms with E-state index < -0.39 is 6.09 Å². The summed E-state index contributed by atoms with van der Waals surface area (Å²) in [4.78, 5) is 24.2. The lowest BCUT2D eigenvalue weighted by Gasteiger charge is -2.39. The van der Waals surface area contributed by atoms with Crippen LogP contribution in [0.15, 0.2) is 24.3 Å². The topological polar surface area (TPSA) is 92.9 Å². The molecule has 2 amide bonds.